The van der Waals surface area contributed by atoms with Crippen LogP contribution in [-0.2, 0) is 28.7 Å². The Bertz CT molecular complexity index is 937. The molecule has 0 bridgehead atoms. The molecule has 3 atom stereocenters. The smallest absolute Gasteiger partial charge is 0.325 e. The molecular weight excluding hydrogens is 554 g/mol. The molecule has 0 spiro atoms. The molecule has 2 saturated carbocycles. The minimum atomic E-state index is -0.800. The number of urea groups is 1. The lowest BCUT2D eigenvalue weighted by Gasteiger charge is -2.34. The zero-order valence-corrected chi connectivity index (χ0v) is 26.5. The lowest BCUT2D eigenvalue weighted by atomic mass is 9.85. The fraction of sp³-hybridized carbons (Fsp3) is 0.742. The molecule has 5 N–H and O–H groups in total. The maximum absolute atomic E-state index is 12.9. The number of nitrogens with two attached hydrogens (primary N) is 1. The van der Waals surface area contributed by atoms with Gasteiger partial charge >= 0.3 is 12.0 Å². The lowest BCUT2D eigenvalue weighted by molar-refractivity contribution is -0.142. The van der Waals surface area contributed by atoms with Gasteiger partial charge in [-0.2, -0.15) is 0 Å². The van der Waals surface area contributed by atoms with Crippen molar-refractivity contribution >= 4 is 35.9 Å². The summed E-state index contributed by atoms with van der Waals surface area (Å²) >= 11 is 0. The Morgan fingerprint density at radius 1 is 1.02 bits per heavy atom. The number of aldehydes is 1. The summed E-state index contributed by atoms with van der Waals surface area (Å²) in [7, 11) is 0. The number of hydrogen-bond acceptors (Lipinski definition) is 8. The highest BCUT2D eigenvalue weighted by atomic mass is 16.5. The van der Waals surface area contributed by atoms with Gasteiger partial charge in [-0.3, -0.25) is 19.2 Å². The second-order valence-electron chi connectivity index (χ2n) is 12.3. The normalized spacial score (nSPS) is 18.5. The molecular formula is C31H53N5O7. The van der Waals surface area contributed by atoms with Crippen LogP contribution in [0.1, 0.15) is 91.9 Å². The van der Waals surface area contributed by atoms with Gasteiger partial charge in [-0.15, -0.1) is 6.58 Å². The second-order valence-corrected chi connectivity index (χ2v) is 12.3. The molecule has 4 amide bonds. The number of nitrogens with one attached hydrogen (secondary N) is 3. The fourth-order valence-corrected chi connectivity index (χ4v) is 4.02. The third-order valence-corrected chi connectivity index (χ3v) is 7.27. The van der Waals surface area contributed by atoms with E-state index in [0.29, 0.717) is 38.5 Å². The van der Waals surface area contributed by atoms with Gasteiger partial charge in [0.2, 0.25) is 11.7 Å². The van der Waals surface area contributed by atoms with Gasteiger partial charge in [0, 0.05) is 13.1 Å². The summed E-state index contributed by atoms with van der Waals surface area (Å²) in [6.45, 7) is 11.8. The molecule has 3 unspecified atom stereocenters. The summed E-state index contributed by atoms with van der Waals surface area (Å²) in [6, 6.07) is -2.52. The highest BCUT2D eigenvalue weighted by Crippen LogP contribution is 2.28. The second kappa shape index (κ2) is 19.8. The third kappa shape index (κ3) is 15.1. The van der Waals surface area contributed by atoms with E-state index < -0.39 is 47.2 Å². The van der Waals surface area contributed by atoms with Crippen LogP contribution in [0.15, 0.2) is 12.7 Å². The monoisotopic (exact) mass is 607 g/mol. The Morgan fingerprint density at radius 3 is 2.14 bits per heavy atom. The Hall–Kier alpha value is -3.28. The number of ether oxygens (including phenoxy) is 1. The zero-order chi connectivity index (χ0) is 32.4. The van der Waals surface area contributed by atoms with Crippen molar-refractivity contribution in [3.63, 3.8) is 0 Å². The Balaban J connectivity index is 0.000000450. The molecule has 0 aromatic heterocycles. The van der Waals surface area contributed by atoms with E-state index in [1.165, 1.54) is 36.7 Å². The van der Waals surface area contributed by atoms with Crippen LogP contribution in [0, 0.1) is 11.3 Å². The summed E-state index contributed by atoms with van der Waals surface area (Å²) in [5.74, 6) is -1.49. The van der Waals surface area contributed by atoms with Crippen LogP contribution >= 0.6 is 0 Å². The van der Waals surface area contributed by atoms with E-state index in [9.17, 15) is 28.8 Å². The number of esters is 1. The molecule has 43 heavy (non-hydrogen) atoms. The number of carbonyl (C=O) groups excluding carboxylic acids is 6. The molecule has 1 aliphatic heterocycles. The molecule has 2 aliphatic carbocycles. The quantitative estimate of drug-likeness (QED) is 0.107. The van der Waals surface area contributed by atoms with Crippen LogP contribution in [-0.4, -0.2) is 85.2 Å². The van der Waals surface area contributed by atoms with E-state index in [1.807, 2.05) is 27.7 Å². The molecule has 1 saturated heterocycles. The van der Waals surface area contributed by atoms with Gasteiger partial charge in [0.1, 0.15) is 18.9 Å². The molecule has 3 rings (SSSR count). The number of nitrogens with zero attached hydrogens (tertiary/aromatic N) is 1. The SMILES string of the molecule is C1CCC1.C=CCNC(=O)C(=O)C(N)CCC.CC(C)(C)C(NC(=O)NCC(=O)OCC1CC1)C(=O)N1CCCC1C=O. The van der Waals surface area contributed by atoms with E-state index in [0.717, 1.165) is 32.0 Å². The van der Waals surface area contributed by atoms with Crippen LogP contribution in [0.5, 0.6) is 0 Å². The summed E-state index contributed by atoms with van der Waals surface area (Å²) in [5.41, 5.74) is 4.92. The van der Waals surface area contributed by atoms with Gasteiger partial charge in [0.05, 0.1) is 18.7 Å². The molecule has 0 radical (unpaired) electrons. The van der Waals surface area contributed by atoms with Gasteiger partial charge in [-0.25, -0.2) is 4.79 Å². The minimum Gasteiger partial charge on any atom is -0.464 e. The molecule has 244 valence electrons. The summed E-state index contributed by atoms with van der Waals surface area (Å²) < 4.78 is 5.05. The molecule has 1 heterocycles. The molecule has 0 aromatic rings. The fourth-order valence-electron chi connectivity index (χ4n) is 4.02. The van der Waals surface area contributed by atoms with E-state index in [-0.39, 0.29) is 12.5 Å². The van der Waals surface area contributed by atoms with Crippen molar-refractivity contribution in [2.45, 2.75) is 110 Å². The predicted molar refractivity (Wildman–Crippen MR) is 164 cm³/mol. The van der Waals surface area contributed by atoms with E-state index in [4.69, 9.17) is 10.5 Å². The van der Waals surface area contributed by atoms with Gasteiger partial charge in [-0.05, 0) is 43.4 Å². The maximum Gasteiger partial charge on any atom is 0.325 e. The number of rotatable bonds is 13. The van der Waals surface area contributed by atoms with Gasteiger partial charge in [0.25, 0.3) is 5.91 Å². The number of Topliss-reactive ketones (excluding diaryl/α,β-unsaturated/α-hetero) is 1. The number of amides is 4. The van der Waals surface area contributed by atoms with Crippen LogP contribution < -0.4 is 21.7 Å². The van der Waals surface area contributed by atoms with E-state index in [2.05, 4.69) is 22.5 Å². The van der Waals surface area contributed by atoms with Crippen molar-refractivity contribution in [1.29, 1.82) is 0 Å². The molecule has 0 aromatic carbocycles. The van der Waals surface area contributed by atoms with E-state index in [1.54, 1.807) is 0 Å². The van der Waals surface area contributed by atoms with Crippen LogP contribution in [0.2, 0.25) is 0 Å². The standard InChI is InChI=1S/C18H29N3O5.C9H16N2O2.C4H8/c1-18(2,3)15(16(24)21-8-4-5-13(21)10-22)20-17(25)19-9-14(23)26-11-12-6-7-12;1-3-5-7(10)8(12)9(13)11-6-4-2;1-2-4-3-1/h10,12-13,15H,4-9,11H2,1-3H3,(H2,19,20,25);4,7H,2-3,5-6,10H2,1H3,(H,11,13);1-4H2. The third-order valence-electron chi connectivity index (χ3n) is 7.27. The Labute approximate surface area is 256 Å². The summed E-state index contributed by atoms with van der Waals surface area (Å²) in [5, 5.41) is 7.47. The largest absolute Gasteiger partial charge is 0.464 e. The van der Waals surface area contributed by atoms with Crippen molar-refractivity contribution in [2.75, 3.05) is 26.2 Å². The average Bonchev–Trinajstić information content (AvgIpc) is 3.64. The first-order valence-corrected chi connectivity index (χ1v) is 15.5. The molecule has 3 fully saturated rings. The zero-order valence-electron chi connectivity index (χ0n) is 26.5. The molecule has 12 heteroatoms. The first-order valence-electron chi connectivity index (χ1n) is 15.5. The summed E-state index contributed by atoms with van der Waals surface area (Å²) in [6.07, 6.45) is 13.2. The van der Waals surface area contributed by atoms with Crippen molar-refractivity contribution in [1.82, 2.24) is 20.9 Å². The van der Waals surface area contributed by atoms with Crippen molar-refractivity contribution in [3.8, 4) is 0 Å². The van der Waals surface area contributed by atoms with Crippen molar-refractivity contribution in [2.24, 2.45) is 17.1 Å². The van der Waals surface area contributed by atoms with Crippen LogP contribution in [0.3, 0.4) is 0 Å². The minimum absolute atomic E-state index is 0.246. The number of ketones is 1. The van der Waals surface area contributed by atoms with Crippen molar-refractivity contribution in [3.05, 3.63) is 12.7 Å². The number of hydrogen-bond donors (Lipinski definition) is 4. The number of likely N-dealkylation sites (tertiary alicyclic amines) is 1. The van der Waals surface area contributed by atoms with Crippen molar-refractivity contribution < 1.29 is 33.5 Å². The Kier molecular flexibility index (Phi) is 17.4. The maximum atomic E-state index is 12.9. The first-order chi connectivity index (χ1) is 20.3. The van der Waals surface area contributed by atoms with Gasteiger partial charge < -0.3 is 36.1 Å². The summed E-state index contributed by atoms with van der Waals surface area (Å²) in [4.78, 5) is 71.5. The average molecular weight is 608 g/mol. The predicted octanol–water partition coefficient (Wildman–Crippen LogP) is 2.39. The highest BCUT2D eigenvalue weighted by Gasteiger charge is 2.39. The Morgan fingerprint density at radius 2 is 1.65 bits per heavy atom. The van der Waals surface area contributed by atoms with Gasteiger partial charge in [0.15, 0.2) is 0 Å². The molecule has 3 aliphatic rings. The highest BCUT2D eigenvalue weighted by molar-refractivity contribution is 6.38. The van der Waals surface area contributed by atoms with Gasteiger partial charge in [-0.1, -0.05) is 65.9 Å². The first kappa shape index (κ1) is 37.7. The van der Waals surface area contributed by atoms with E-state index >= 15 is 0 Å². The number of carbonyl (C=O) groups is 6. The topological polar surface area (TPSA) is 177 Å². The van der Waals surface area contributed by atoms with Crippen LogP contribution in [0.4, 0.5) is 4.79 Å². The lowest BCUT2D eigenvalue weighted by Crippen LogP contribution is -2.58. The molecule has 12 nitrogen and oxygen atoms in total. The van der Waals surface area contributed by atoms with Crippen LogP contribution in [0.25, 0.3) is 0 Å².